The van der Waals surface area contributed by atoms with Gasteiger partial charge in [-0.1, -0.05) is 19.3 Å². The molecule has 0 aliphatic heterocycles. The number of imide groups is 1. The molecular formula is C15H19FN2O3. The average Bonchev–Trinajstić information content (AvgIpc) is 2.47. The number of amides is 3. The molecule has 5 nitrogen and oxygen atoms in total. The van der Waals surface area contributed by atoms with Crippen LogP contribution in [0.1, 0.15) is 32.1 Å². The molecule has 0 unspecified atom stereocenters. The average molecular weight is 294 g/mol. The molecule has 1 aromatic carbocycles. The molecule has 1 aliphatic rings. The first kappa shape index (κ1) is 15.3. The summed E-state index contributed by atoms with van der Waals surface area (Å²) < 4.78 is 17.8. The van der Waals surface area contributed by atoms with Gasteiger partial charge in [-0.3, -0.25) is 10.1 Å². The third-order valence-corrected chi connectivity index (χ3v) is 3.38. The summed E-state index contributed by atoms with van der Waals surface area (Å²) in [5.74, 6) is -0.537. The fraction of sp³-hybridized carbons (Fsp3) is 0.467. The minimum absolute atomic E-state index is 0.143. The van der Waals surface area contributed by atoms with E-state index in [1.807, 2.05) is 0 Å². The second-order valence-electron chi connectivity index (χ2n) is 5.10. The molecule has 1 saturated carbocycles. The van der Waals surface area contributed by atoms with Crippen LogP contribution < -0.4 is 15.4 Å². The summed E-state index contributed by atoms with van der Waals surface area (Å²) in [5.41, 5.74) is 0. The Hall–Kier alpha value is -2.11. The highest BCUT2D eigenvalue weighted by Crippen LogP contribution is 2.17. The summed E-state index contributed by atoms with van der Waals surface area (Å²) in [5, 5.41) is 5.00. The first-order valence-electron chi connectivity index (χ1n) is 7.12. The fourth-order valence-corrected chi connectivity index (χ4v) is 2.31. The van der Waals surface area contributed by atoms with Gasteiger partial charge in [-0.15, -0.1) is 0 Å². The summed E-state index contributed by atoms with van der Waals surface area (Å²) in [7, 11) is 0. The maximum absolute atomic E-state index is 12.7. The topological polar surface area (TPSA) is 67.4 Å². The Kier molecular flexibility index (Phi) is 5.54. The summed E-state index contributed by atoms with van der Waals surface area (Å²) in [6.45, 7) is -0.288. The minimum atomic E-state index is -0.535. The molecular weight excluding hydrogens is 275 g/mol. The highest BCUT2D eigenvalue weighted by atomic mass is 19.1. The fourth-order valence-electron chi connectivity index (χ4n) is 2.31. The Bertz CT molecular complexity index is 484. The molecule has 0 atom stereocenters. The predicted octanol–water partition coefficient (Wildman–Crippen LogP) is 2.36. The lowest BCUT2D eigenvalue weighted by Crippen LogP contribution is -2.46. The van der Waals surface area contributed by atoms with E-state index in [4.69, 9.17) is 4.74 Å². The van der Waals surface area contributed by atoms with Gasteiger partial charge in [-0.25, -0.2) is 9.18 Å². The lowest BCUT2D eigenvalue weighted by atomic mass is 9.96. The maximum Gasteiger partial charge on any atom is 0.321 e. The third-order valence-electron chi connectivity index (χ3n) is 3.38. The number of halogens is 1. The first-order chi connectivity index (χ1) is 10.1. The number of ether oxygens (including phenoxy) is 1. The molecule has 1 fully saturated rings. The normalized spacial score (nSPS) is 15.3. The molecule has 0 spiro atoms. The molecule has 21 heavy (non-hydrogen) atoms. The van der Waals surface area contributed by atoms with Crippen LogP contribution in [-0.4, -0.2) is 24.6 Å². The molecule has 2 N–H and O–H groups in total. The van der Waals surface area contributed by atoms with Crippen molar-refractivity contribution < 1.29 is 18.7 Å². The van der Waals surface area contributed by atoms with E-state index in [1.165, 1.54) is 30.7 Å². The van der Waals surface area contributed by atoms with Crippen molar-refractivity contribution in [3.8, 4) is 5.75 Å². The van der Waals surface area contributed by atoms with Crippen molar-refractivity contribution in [2.24, 2.45) is 0 Å². The van der Waals surface area contributed by atoms with Crippen molar-refractivity contribution in [2.75, 3.05) is 6.61 Å². The van der Waals surface area contributed by atoms with Gasteiger partial charge < -0.3 is 10.1 Å². The quantitative estimate of drug-likeness (QED) is 0.896. The van der Waals surface area contributed by atoms with Gasteiger partial charge in [0, 0.05) is 6.04 Å². The van der Waals surface area contributed by atoms with Crippen molar-refractivity contribution in [1.29, 1.82) is 0 Å². The van der Waals surface area contributed by atoms with Crippen LogP contribution >= 0.6 is 0 Å². The Morgan fingerprint density at radius 1 is 1.14 bits per heavy atom. The zero-order valence-electron chi connectivity index (χ0n) is 11.7. The first-order valence-corrected chi connectivity index (χ1v) is 7.12. The molecule has 1 aromatic rings. The molecule has 1 aliphatic carbocycles. The van der Waals surface area contributed by atoms with Crippen molar-refractivity contribution in [3.05, 3.63) is 30.1 Å². The number of nitrogens with one attached hydrogen (secondary N) is 2. The van der Waals surface area contributed by atoms with Crippen LogP contribution in [0.2, 0.25) is 0 Å². The number of carbonyl (C=O) groups is 2. The number of urea groups is 1. The Balaban J connectivity index is 1.68. The standard InChI is InChI=1S/C15H19FN2O3/c16-11-6-8-13(9-7-11)21-10-14(19)18-15(20)17-12-4-2-1-3-5-12/h6-9,12H,1-5,10H2,(H2,17,18,19,20). The Morgan fingerprint density at radius 2 is 1.81 bits per heavy atom. The SMILES string of the molecule is O=C(COc1ccc(F)cc1)NC(=O)NC1CCCCC1. The lowest BCUT2D eigenvalue weighted by molar-refractivity contribution is -0.122. The van der Waals surface area contributed by atoms with Gasteiger partial charge in [0.25, 0.3) is 5.91 Å². The molecule has 114 valence electrons. The number of benzene rings is 1. The van der Waals surface area contributed by atoms with Crippen molar-refractivity contribution in [1.82, 2.24) is 10.6 Å². The van der Waals surface area contributed by atoms with Crippen molar-refractivity contribution in [2.45, 2.75) is 38.1 Å². The predicted molar refractivity (Wildman–Crippen MR) is 75.4 cm³/mol. The van der Waals surface area contributed by atoms with Crippen LogP contribution in [0.25, 0.3) is 0 Å². The van der Waals surface area contributed by atoms with E-state index in [1.54, 1.807) is 0 Å². The van der Waals surface area contributed by atoms with Gasteiger partial charge in [-0.2, -0.15) is 0 Å². The number of carbonyl (C=O) groups excluding carboxylic acids is 2. The summed E-state index contributed by atoms with van der Waals surface area (Å²) >= 11 is 0. The van der Waals surface area contributed by atoms with E-state index < -0.39 is 11.9 Å². The van der Waals surface area contributed by atoms with Crippen LogP contribution in [0.5, 0.6) is 5.75 Å². The van der Waals surface area contributed by atoms with Crippen LogP contribution in [0.15, 0.2) is 24.3 Å². The van der Waals surface area contributed by atoms with Crippen molar-refractivity contribution >= 4 is 11.9 Å². The van der Waals surface area contributed by atoms with E-state index in [2.05, 4.69) is 10.6 Å². The highest BCUT2D eigenvalue weighted by Gasteiger charge is 2.16. The molecule has 3 amide bonds. The van der Waals surface area contributed by atoms with E-state index in [0.29, 0.717) is 5.75 Å². The van der Waals surface area contributed by atoms with Crippen LogP contribution in [0.3, 0.4) is 0 Å². The second kappa shape index (κ2) is 7.61. The zero-order valence-corrected chi connectivity index (χ0v) is 11.7. The highest BCUT2D eigenvalue weighted by molar-refractivity contribution is 5.95. The van der Waals surface area contributed by atoms with Gasteiger partial charge in [0.05, 0.1) is 0 Å². The largest absolute Gasteiger partial charge is 0.484 e. The van der Waals surface area contributed by atoms with Gasteiger partial charge >= 0.3 is 6.03 Å². The summed E-state index contributed by atoms with van der Waals surface area (Å²) in [4.78, 5) is 23.2. The van der Waals surface area contributed by atoms with Crippen LogP contribution in [0, 0.1) is 5.82 Å². The molecule has 2 rings (SSSR count). The minimum Gasteiger partial charge on any atom is -0.484 e. The number of hydrogen-bond donors (Lipinski definition) is 2. The molecule has 0 heterocycles. The van der Waals surface area contributed by atoms with E-state index in [-0.39, 0.29) is 18.5 Å². The smallest absolute Gasteiger partial charge is 0.321 e. The molecule has 0 aromatic heterocycles. The monoisotopic (exact) mass is 294 g/mol. The zero-order chi connectivity index (χ0) is 15.1. The Labute approximate surface area is 122 Å². The molecule has 0 radical (unpaired) electrons. The van der Waals surface area contributed by atoms with Crippen LogP contribution in [-0.2, 0) is 4.79 Å². The Morgan fingerprint density at radius 3 is 2.48 bits per heavy atom. The molecule has 0 saturated heterocycles. The third kappa shape index (κ3) is 5.41. The van der Waals surface area contributed by atoms with E-state index in [9.17, 15) is 14.0 Å². The lowest BCUT2D eigenvalue weighted by Gasteiger charge is -2.22. The number of rotatable bonds is 4. The van der Waals surface area contributed by atoms with Gasteiger partial charge in [-0.05, 0) is 37.1 Å². The second-order valence-corrected chi connectivity index (χ2v) is 5.10. The van der Waals surface area contributed by atoms with E-state index >= 15 is 0 Å². The maximum atomic E-state index is 12.7. The van der Waals surface area contributed by atoms with Gasteiger partial charge in [0.1, 0.15) is 11.6 Å². The molecule has 0 bridgehead atoms. The summed E-state index contributed by atoms with van der Waals surface area (Å²) in [6, 6.07) is 4.97. The van der Waals surface area contributed by atoms with Crippen molar-refractivity contribution in [3.63, 3.8) is 0 Å². The van der Waals surface area contributed by atoms with Crippen LogP contribution in [0.4, 0.5) is 9.18 Å². The van der Waals surface area contributed by atoms with E-state index in [0.717, 1.165) is 25.7 Å². The molecule has 6 heteroatoms. The number of hydrogen-bond acceptors (Lipinski definition) is 3. The van der Waals surface area contributed by atoms with Gasteiger partial charge in [0.2, 0.25) is 0 Å². The van der Waals surface area contributed by atoms with Gasteiger partial charge in [0.15, 0.2) is 6.61 Å². The summed E-state index contributed by atoms with van der Waals surface area (Å²) in [6.07, 6.45) is 5.31.